The predicted molar refractivity (Wildman–Crippen MR) is 156 cm³/mol. The summed E-state index contributed by atoms with van der Waals surface area (Å²) in [5.74, 6) is 2.98. The number of furan rings is 1. The normalized spacial score (nSPS) is 10.9. The van der Waals surface area contributed by atoms with E-state index in [1.165, 1.54) is 0 Å². The van der Waals surface area contributed by atoms with Crippen molar-refractivity contribution < 1.29 is 23.4 Å². The Morgan fingerprint density at radius 3 is 2.44 bits per heavy atom. The number of benzene rings is 4. The molecule has 6 aromatic rings. The highest BCUT2D eigenvalue weighted by molar-refractivity contribution is 6.09. The van der Waals surface area contributed by atoms with Gasteiger partial charge < -0.3 is 18.6 Å². The Kier molecular flexibility index (Phi) is 6.80. The summed E-state index contributed by atoms with van der Waals surface area (Å²) in [6, 6.07) is 30.0. The zero-order valence-corrected chi connectivity index (χ0v) is 22.4. The summed E-state index contributed by atoms with van der Waals surface area (Å²) in [7, 11) is 3.16. The number of nitrogens with zero attached hydrogens (tertiary/aromatic N) is 2. The van der Waals surface area contributed by atoms with E-state index in [1.807, 2.05) is 66.7 Å². The summed E-state index contributed by atoms with van der Waals surface area (Å²) >= 11 is 0. The molecule has 0 aliphatic rings. The van der Waals surface area contributed by atoms with Crippen molar-refractivity contribution in [2.75, 3.05) is 14.2 Å². The fourth-order valence-electron chi connectivity index (χ4n) is 4.90. The van der Waals surface area contributed by atoms with Crippen LogP contribution in [0, 0.1) is 11.3 Å². The molecule has 0 unspecified atom stereocenters. The molecule has 0 N–H and O–H groups in total. The zero-order chi connectivity index (χ0) is 28.3. The summed E-state index contributed by atoms with van der Waals surface area (Å²) in [4.78, 5) is 17.9. The van der Waals surface area contributed by atoms with Crippen molar-refractivity contribution in [2.24, 2.45) is 0 Å². The Morgan fingerprint density at radius 1 is 0.854 bits per heavy atom. The third kappa shape index (κ3) is 4.95. The summed E-state index contributed by atoms with van der Waals surface area (Å²) in [6.45, 7) is 0. The Bertz CT molecular complexity index is 1950. The van der Waals surface area contributed by atoms with Crippen LogP contribution in [0.1, 0.15) is 21.7 Å². The molecule has 0 fully saturated rings. The van der Waals surface area contributed by atoms with Crippen LogP contribution in [0.15, 0.2) is 102 Å². The smallest absolute Gasteiger partial charge is 0.207 e. The molecule has 0 spiro atoms. The molecule has 0 saturated heterocycles. The van der Waals surface area contributed by atoms with Gasteiger partial charge in [0.25, 0.3) is 0 Å². The quantitative estimate of drug-likeness (QED) is 0.182. The van der Waals surface area contributed by atoms with Gasteiger partial charge in [-0.1, -0.05) is 48.5 Å². The molecular weight excluding hydrogens is 516 g/mol. The topological polar surface area (TPSA) is 94.6 Å². The summed E-state index contributed by atoms with van der Waals surface area (Å²) in [6.07, 6.45) is 1.72. The highest BCUT2D eigenvalue weighted by Crippen LogP contribution is 2.37. The van der Waals surface area contributed by atoms with Gasteiger partial charge in [0, 0.05) is 40.8 Å². The van der Waals surface area contributed by atoms with Gasteiger partial charge in [-0.05, 0) is 47.2 Å². The van der Waals surface area contributed by atoms with Crippen LogP contribution in [-0.4, -0.2) is 25.0 Å². The number of aromatic nitrogens is 1. The van der Waals surface area contributed by atoms with Gasteiger partial charge >= 0.3 is 0 Å². The lowest BCUT2D eigenvalue weighted by Crippen LogP contribution is -2.04. The monoisotopic (exact) mass is 540 g/mol. The van der Waals surface area contributed by atoms with Crippen LogP contribution in [0.25, 0.3) is 33.0 Å². The number of hydrogen-bond acceptors (Lipinski definition) is 7. The molecule has 0 bridgehead atoms. The third-order valence-electron chi connectivity index (χ3n) is 6.91. The minimum absolute atomic E-state index is 0.0465. The number of ether oxygens (including phenoxy) is 3. The van der Waals surface area contributed by atoms with Crippen molar-refractivity contribution in [3.05, 3.63) is 114 Å². The van der Waals surface area contributed by atoms with Gasteiger partial charge in [-0.3, -0.25) is 9.78 Å². The van der Waals surface area contributed by atoms with E-state index >= 15 is 0 Å². The molecule has 0 aliphatic carbocycles. The van der Waals surface area contributed by atoms with E-state index in [9.17, 15) is 10.1 Å². The van der Waals surface area contributed by atoms with E-state index in [4.69, 9.17) is 18.6 Å². The average Bonchev–Trinajstić information content (AvgIpc) is 3.43. The first-order valence-corrected chi connectivity index (χ1v) is 12.9. The number of carbonyl (C=O) groups is 1. The van der Waals surface area contributed by atoms with Crippen molar-refractivity contribution in [3.63, 3.8) is 0 Å². The second-order valence-electron chi connectivity index (χ2n) is 9.37. The highest BCUT2D eigenvalue weighted by atomic mass is 16.5. The molecule has 4 aromatic carbocycles. The van der Waals surface area contributed by atoms with E-state index in [2.05, 4.69) is 11.1 Å². The minimum Gasteiger partial charge on any atom is -0.493 e. The molecule has 0 amide bonds. The Balaban J connectivity index is 1.29. The standard InChI is InChI=1S/C34H24N2O5/c1-38-32-18-27-28(19-33(32)39-2)36-14-13-30(27)40-24-11-12-25-22(15-24)9-6-10-26(25)29(37)16-23-17-31(41-34(23)20-35)21-7-4-3-5-8-21/h3-15,17-19H,16H2,1-2H3. The summed E-state index contributed by atoms with van der Waals surface area (Å²) in [5.41, 5.74) is 2.68. The number of hydrogen-bond donors (Lipinski definition) is 0. The molecule has 7 heteroatoms. The first-order chi connectivity index (χ1) is 20.1. The van der Waals surface area contributed by atoms with Gasteiger partial charge in [0.2, 0.25) is 5.76 Å². The van der Waals surface area contributed by atoms with Gasteiger partial charge in [0.05, 0.1) is 19.7 Å². The van der Waals surface area contributed by atoms with Gasteiger partial charge in [-0.15, -0.1) is 0 Å². The van der Waals surface area contributed by atoms with Gasteiger partial charge in [0.1, 0.15) is 23.3 Å². The molecule has 41 heavy (non-hydrogen) atoms. The van der Waals surface area contributed by atoms with Crippen molar-refractivity contribution in [1.82, 2.24) is 4.98 Å². The van der Waals surface area contributed by atoms with Crippen LogP contribution < -0.4 is 14.2 Å². The summed E-state index contributed by atoms with van der Waals surface area (Å²) in [5, 5.41) is 12.0. The van der Waals surface area contributed by atoms with Crippen LogP contribution in [0.5, 0.6) is 23.0 Å². The maximum absolute atomic E-state index is 13.5. The fourth-order valence-corrected chi connectivity index (χ4v) is 4.90. The largest absolute Gasteiger partial charge is 0.493 e. The third-order valence-corrected chi connectivity index (χ3v) is 6.91. The maximum atomic E-state index is 13.5. The lowest BCUT2D eigenvalue weighted by atomic mass is 9.97. The Morgan fingerprint density at radius 2 is 1.66 bits per heavy atom. The molecule has 2 heterocycles. The van der Waals surface area contributed by atoms with Crippen molar-refractivity contribution in [2.45, 2.75) is 6.42 Å². The number of fused-ring (bicyclic) bond motifs is 2. The van der Waals surface area contributed by atoms with Gasteiger partial charge in [0.15, 0.2) is 17.3 Å². The molecule has 0 aliphatic heterocycles. The van der Waals surface area contributed by atoms with E-state index in [-0.39, 0.29) is 18.0 Å². The minimum atomic E-state index is -0.109. The second kappa shape index (κ2) is 10.9. The fraction of sp³-hybridized carbons (Fsp3) is 0.0882. The van der Waals surface area contributed by atoms with Crippen molar-refractivity contribution >= 4 is 27.5 Å². The number of nitriles is 1. The number of ketones is 1. The van der Waals surface area contributed by atoms with Crippen LogP contribution in [0.4, 0.5) is 0 Å². The highest BCUT2D eigenvalue weighted by Gasteiger charge is 2.18. The molecule has 7 nitrogen and oxygen atoms in total. The maximum Gasteiger partial charge on any atom is 0.207 e. The van der Waals surface area contributed by atoms with Crippen LogP contribution in [-0.2, 0) is 6.42 Å². The lowest BCUT2D eigenvalue weighted by Gasteiger charge is -2.13. The molecule has 6 rings (SSSR count). The first kappa shape index (κ1) is 25.7. The van der Waals surface area contributed by atoms with Gasteiger partial charge in [-0.25, -0.2) is 0 Å². The molecule has 2 aromatic heterocycles. The lowest BCUT2D eigenvalue weighted by molar-refractivity contribution is 0.0994. The van der Waals surface area contributed by atoms with Crippen molar-refractivity contribution in [1.29, 1.82) is 5.26 Å². The molecule has 0 atom stereocenters. The van der Waals surface area contributed by atoms with Gasteiger partial charge in [-0.2, -0.15) is 5.26 Å². The average molecular weight is 541 g/mol. The molecule has 0 saturated carbocycles. The predicted octanol–water partition coefficient (Wildman–Crippen LogP) is 7.75. The SMILES string of the molecule is COc1cc2nccc(Oc3ccc4c(C(=O)Cc5cc(-c6ccccc6)oc5C#N)cccc4c3)c2cc1OC. The molecule has 200 valence electrons. The van der Waals surface area contributed by atoms with Crippen molar-refractivity contribution in [3.8, 4) is 40.4 Å². The van der Waals surface area contributed by atoms with E-state index < -0.39 is 0 Å². The summed E-state index contributed by atoms with van der Waals surface area (Å²) < 4.78 is 22.9. The van der Waals surface area contributed by atoms with Crippen LogP contribution in [0.2, 0.25) is 0 Å². The number of methoxy groups -OCH3 is 2. The Labute approximate surface area is 236 Å². The number of pyridine rings is 1. The molecular formula is C34H24N2O5. The number of Topliss-reactive ketones (excluding diaryl/α,β-unsaturated/α-hetero) is 1. The number of carbonyl (C=O) groups excluding carboxylic acids is 1. The van der Waals surface area contributed by atoms with E-state index in [0.29, 0.717) is 45.4 Å². The first-order valence-electron chi connectivity index (χ1n) is 12.9. The second-order valence-corrected chi connectivity index (χ2v) is 9.37. The Hall–Kier alpha value is -5.61. The van der Waals surface area contributed by atoms with Crippen LogP contribution >= 0.6 is 0 Å². The molecule has 0 radical (unpaired) electrons. The zero-order valence-electron chi connectivity index (χ0n) is 22.4. The number of rotatable bonds is 8. The van der Waals surface area contributed by atoms with Crippen LogP contribution in [0.3, 0.4) is 0 Å². The van der Waals surface area contributed by atoms with E-state index in [0.717, 1.165) is 21.7 Å². The van der Waals surface area contributed by atoms with E-state index in [1.54, 1.807) is 44.7 Å².